The van der Waals surface area contributed by atoms with Crippen molar-refractivity contribution in [3.8, 4) is 5.75 Å². The topological polar surface area (TPSA) is 55.6 Å². The number of nitrogens with two attached hydrogens (primary N) is 1. The second-order valence-electron chi connectivity index (χ2n) is 6.39. The fourth-order valence-electron chi connectivity index (χ4n) is 2.56. The first-order valence-electron chi connectivity index (χ1n) is 7.18. The summed E-state index contributed by atoms with van der Waals surface area (Å²) >= 11 is 0. The molecule has 0 spiro atoms. The second kappa shape index (κ2) is 5.73. The molecule has 2 rings (SSSR count). The summed E-state index contributed by atoms with van der Waals surface area (Å²) < 4.78 is 6.16. The van der Waals surface area contributed by atoms with Crippen LogP contribution in [0, 0.1) is 0 Å². The van der Waals surface area contributed by atoms with Crippen molar-refractivity contribution in [2.24, 2.45) is 5.73 Å². The molecule has 0 bridgehead atoms. The first-order valence-corrected chi connectivity index (χ1v) is 7.18. The van der Waals surface area contributed by atoms with Crippen molar-refractivity contribution in [3.63, 3.8) is 0 Å². The molecule has 0 radical (unpaired) electrons. The van der Waals surface area contributed by atoms with E-state index in [1.807, 2.05) is 18.2 Å². The maximum absolute atomic E-state index is 11.1. The third kappa shape index (κ3) is 3.44. The van der Waals surface area contributed by atoms with Gasteiger partial charge in [0.15, 0.2) is 0 Å². The first kappa shape index (κ1) is 14.7. The van der Waals surface area contributed by atoms with E-state index in [1.165, 1.54) is 5.56 Å². The number of urea groups is 1. The van der Waals surface area contributed by atoms with Crippen LogP contribution in [-0.2, 0) is 5.41 Å². The molecular formula is C16H24N2O2. The lowest BCUT2D eigenvalue weighted by molar-refractivity contribution is 0.112. The summed E-state index contributed by atoms with van der Waals surface area (Å²) in [4.78, 5) is 12.8. The zero-order chi connectivity index (χ0) is 14.8. The van der Waals surface area contributed by atoms with E-state index in [9.17, 15) is 4.79 Å². The van der Waals surface area contributed by atoms with E-state index in [1.54, 1.807) is 4.90 Å². The molecule has 2 N–H and O–H groups in total. The van der Waals surface area contributed by atoms with E-state index in [2.05, 4.69) is 26.8 Å². The number of primary amides is 1. The molecule has 1 aliphatic rings. The molecule has 0 aliphatic carbocycles. The summed E-state index contributed by atoms with van der Waals surface area (Å²) in [5, 5.41) is 0. The van der Waals surface area contributed by atoms with Crippen LogP contribution in [0.15, 0.2) is 24.3 Å². The van der Waals surface area contributed by atoms with Crippen molar-refractivity contribution in [2.75, 3.05) is 13.1 Å². The van der Waals surface area contributed by atoms with Gasteiger partial charge in [-0.3, -0.25) is 0 Å². The van der Waals surface area contributed by atoms with Crippen molar-refractivity contribution in [1.82, 2.24) is 4.90 Å². The molecule has 0 atom stereocenters. The molecule has 1 heterocycles. The third-order valence-electron chi connectivity index (χ3n) is 3.74. The van der Waals surface area contributed by atoms with Crippen molar-refractivity contribution < 1.29 is 9.53 Å². The molecule has 2 amide bonds. The number of hydrogen-bond donors (Lipinski definition) is 1. The molecule has 0 saturated carbocycles. The van der Waals surface area contributed by atoms with Gasteiger partial charge < -0.3 is 15.4 Å². The van der Waals surface area contributed by atoms with Gasteiger partial charge in [0.1, 0.15) is 11.9 Å². The molecule has 1 aromatic rings. The average molecular weight is 276 g/mol. The van der Waals surface area contributed by atoms with Crippen molar-refractivity contribution in [3.05, 3.63) is 29.8 Å². The Bertz CT molecular complexity index is 472. The van der Waals surface area contributed by atoms with Crippen molar-refractivity contribution in [2.45, 2.75) is 45.1 Å². The molecule has 20 heavy (non-hydrogen) atoms. The highest BCUT2D eigenvalue weighted by Crippen LogP contribution is 2.32. The van der Waals surface area contributed by atoms with Gasteiger partial charge in [-0.15, -0.1) is 0 Å². The smallest absolute Gasteiger partial charge is 0.314 e. The quantitative estimate of drug-likeness (QED) is 0.903. The first-order chi connectivity index (χ1) is 9.38. The molecule has 1 fully saturated rings. The van der Waals surface area contributed by atoms with Crippen LogP contribution in [0.3, 0.4) is 0 Å². The number of piperidine rings is 1. The summed E-state index contributed by atoms with van der Waals surface area (Å²) in [7, 11) is 0. The Morgan fingerprint density at radius 1 is 1.25 bits per heavy atom. The molecule has 1 saturated heterocycles. The summed E-state index contributed by atoms with van der Waals surface area (Å²) in [6.45, 7) is 7.91. The highest BCUT2D eigenvalue weighted by Gasteiger charge is 2.25. The molecule has 0 aromatic heterocycles. The largest absolute Gasteiger partial charge is 0.490 e. The van der Waals surface area contributed by atoms with Gasteiger partial charge in [0, 0.05) is 25.9 Å². The summed E-state index contributed by atoms with van der Waals surface area (Å²) in [5.41, 5.74) is 6.57. The maximum Gasteiger partial charge on any atom is 0.314 e. The molecule has 110 valence electrons. The Morgan fingerprint density at radius 3 is 2.40 bits per heavy atom. The minimum Gasteiger partial charge on any atom is -0.490 e. The lowest BCUT2D eigenvalue weighted by Crippen LogP contribution is -2.44. The van der Waals surface area contributed by atoms with E-state index in [0.29, 0.717) is 13.1 Å². The number of hydrogen-bond acceptors (Lipinski definition) is 2. The highest BCUT2D eigenvalue weighted by molar-refractivity contribution is 5.72. The minimum atomic E-state index is -0.335. The van der Waals surface area contributed by atoms with Gasteiger partial charge in [-0.2, -0.15) is 0 Å². The Hall–Kier alpha value is -1.71. The summed E-state index contributed by atoms with van der Waals surface area (Å²) in [6.07, 6.45) is 1.83. The van der Waals surface area contributed by atoms with Crippen molar-refractivity contribution in [1.29, 1.82) is 0 Å². The number of amides is 2. The standard InChI is InChI=1S/C16H24N2O2/c1-16(2,3)13-6-4-5-7-14(13)20-12-8-10-18(11-9-12)15(17)19/h4-7,12H,8-11H2,1-3H3,(H2,17,19). The zero-order valence-electron chi connectivity index (χ0n) is 12.6. The number of nitrogens with zero attached hydrogens (tertiary/aromatic N) is 1. The molecule has 1 aromatic carbocycles. The zero-order valence-corrected chi connectivity index (χ0v) is 12.6. The Labute approximate surface area is 120 Å². The number of ether oxygens (including phenoxy) is 1. The monoisotopic (exact) mass is 276 g/mol. The van der Waals surface area contributed by atoms with Gasteiger partial charge in [0.25, 0.3) is 0 Å². The fraction of sp³-hybridized carbons (Fsp3) is 0.562. The molecular weight excluding hydrogens is 252 g/mol. The van der Waals surface area contributed by atoms with Crippen LogP contribution in [0.25, 0.3) is 0 Å². The average Bonchev–Trinajstić information content (AvgIpc) is 2.38. The molecule has 4 heteroatoms. The van der Waals surface area contributed by atoms with Gasteiger partial charge in [-0.05, 0) is 17.0 Å². The summed E-state index contributed by atoms with van der Waals surface area (Å²) in [5.74, 6) is 0.956. The van der Waals surface area contributed by atoms with Gasteiger partial charge in [-0.1, -0.05) is 39.0 Å². The van der Waals surface area contributed by atoms with Gasteiger partial charge in [0.05, 0.1) is 0 Å². The third-order valence-corrected chi connectivity index (χ3v) is 3.74. The minimum absolute atomic E-state index is 0.0600. The van der Waals surface area contributed by atoms with E-state index in [0.717, 1.165) is 18.6 Å². The SMILES string of the molecule is CC(C)(C)c1ccccc1OC1CCN(C(N)=O)CC1. The number of likely N-dealkylation sites (tertiary alicyclic amines) is 1. The fourth-order valence-corrected chi connectivity index (χ4v) is 2.56. The van der Waals surface area contributed by atoms with Gasteiger partial charge in [0.2, 0.25) is 0 Å². The van der Waals surface area contributed by atoms with Gasteiger partial charge >= 0.3 is 6.03 Å². The number of rotatable bonds is 2. The lowest BCUT2D eigenvalue weighted by atomic mass is 9.86. The van der Waals surface area contributed by atoms with Crippen LogP contribution in [0.2, 0.25) is 0 Å². The number of para-hydroxylation sites is 1. The number of benzene rings is 1. The van der Waals surface area contributed by atoms with E-state index >= 15 is 0 Å². The van der Waals surface area contributed by atoms with Crippen molar-refractivity contribution >= 4 is 6.03 Å². The van der Waals surface area contributed by atoms with Crippen LogP contribution in [0.5, 0.6) is 5.75 Å². The Kier molecular flexibility index (Phi) is 4.21. The van der Waals surface area contributed by atoms with Crippen LogP contribution < -0.4 is 10.5 Å². The number of carbonyl (C=O) groups is 1. The predicted molar refractivity (Wildman–Crippen MR) is 79.9 cm³/mol. The van der Waals surface area contributed by atoms with E-state index in [4.69, 9.17) is 10.5 Å². The Morgan fingerprint density at radius 2 is 1.85 bits per heavy atom. The number of carbonyl (C=O) groups excluding carboxylic acids is 1. The van der Waals surface area contributed by atoms with Crippen LogP contribution in [0.1, 0.15) is 39.2 Å². The predicted octanol–water partition coefficient (Wildman–Crippen LogP) is 2.91. The van der Waals surface area contributed by atoms with Crippen LogP contribution in [0.4, 0.5) is 4.79 Å². The highest BCUT2D eigenvalue weighted by atomic mass is 16.5. The molecule has 0 unspecified atom stereocenters. The summed E-state index contributed by atoms with van der Waals surface area (Å²) in [6, 6.07) is 7.86. The van der Waals surface area contributed by atoms with E-state index < -0.39 is 0 Å². The molecule has 1 aliphatic heterocycles. The van der Waals surface area contributed by atoms with Crippen LogP contribution >= 0.6 is 0 Å². The Balaban J connectivity index is 2.03. The normalized spacial score (nSPS) is 17.1. The lowest BCUT2D eigenvalue weighted by Gasteiger charge is -2.32. The second-order valence-corrected chi connectivity index (χ2v) is 6.39. The van der Waals surface area contributed by atoms with Crippen LogP contribution in [-0.4, -0.2) is 30.1 Å². The van der Waals surface area contributed by atoms with E-state index in [-0.39, 0.29) is 17.6 Å². The maximum atomic E-state index is 11.1. The van der Waals surface area contributed by atoms with Gasteiger partial charge in [-0.25, -0.2) is 4.79 Å². The molecule has 4 nitrogen and oxygen atoms in total.